The smallest absolute Gasteiger partial charge is 0.271 e. The van der Waals surface area contributed by atoms with Gasteiger partial charge in [-0.2, -0.15) is 5.10 Å². The van der Waals surface area contributed by atoms with Gasteiger partial charge < -0.3 is 11.5 Å². The third kappa shape index (κ3) is 1.95. The van der Waals surface area contributed by atoms with Gasteiger partial charge in [0.25, 0.3) is 5.91 Å². The first-order valence-corrected chi connectivity index (χ1v) is 5.19. The molecular weight excluding hydrogens is 192 g/mol. The molecule has 0 unspecified atom stereocenters. The number of rotatable bonds is 3. The van der Waals surface area contributed by atoms with E-state index in [9.17, 15) is 4.79 Å². The second-order valence-electron chi connectivity index (χ2n) is 4.46. The molecule has 5 nitrogen and oxygen atoms in total. The van der Waals surface area contributed by atoms with Gasteiger partial charge in [0.2, 0.25) is 0 Å². The van der Waals surface area contributed by atoms with Gasteiger partial charge in [-0.05, 0) is 24.7 Å². The fourth-order valence-corrected chi connectivity index (χ4v) is 2.20. The number of hydrogen-bond acceptors (Lipinski definition) is 3. The number of aromatic nitrogens is 2. The van der Waals surface area contributed by atoms with Crippen molar-refractivity contribution in [3.63, 3.8) is 0 Å². The van der Waals surface area contributed by atoms with Crippen LogP contribution in [-0.2, 0) is 6.54 Å². The maximum Gasteiger partial charge on any atom is 0.271 e. The fourth-order valence-electron chi connectivity index (χ4n) is 2.20. The molecule has 0 saturated heterocycles. The Balaban J connectivity index is 2.03. The van der Waals surface area contributed by atoms with Crippen LogP contribution in [0.5, 0.6) is 0 Å². The van der Waals surface area contributed by atoms with Crippen LogP contribution in [0.25, 0.3) is 0 Å². The first-order chi connectivity index (χ1) is 7.06. The van der Waals surface area contributed by atoms with E-state index in [2.05, 4.69) is 12.0 Å². The van der Waals surface area contributed by atoms with Crippen LogP contribution < -0.4 is 11.5 Å². The number of carbonyl (C=O) groups is 1. The Bertz CT molecular complexity index is 379. The number of amides is 1. The van der Waals surface area contributed by atoms with E-state index in [0.717, 1.165) is 12.5 Å². The lowest BCUT2D eigenvalue weighted by atomic mass is 9.76. The van der Waals surface area contributed by atoms with Gasteiger partial charge in [-0.15, -0.1) is 0 Å². The normalized spacial score (nSPS) is 24.9. The topological polar surface area (TPSA) is 86.9 Å². The minimum atomic E-state index is -0.562. The summed E-state index contributed by atoms with van der Waals surface area (Å²) < 4.78 is 1.73. The van der Waals surface area contributed by atoms with Crippen molar-refractivity contribution in [2.75, 3.05) is 5.73 Å². The molecule has 2 rings (SSSR count). The quantitative estimate of drug-likeness (QED) is 0.763. The van der Waals surface area contributed by atoms with Crippen LogP contribution >= 0.6 is 0 Å². The number of nitrogens with zero attached hydrogens (tertiary/aromatic N) is 2. The molecule has 15 heavy (non-hydrogen) atoms. The van der Waals surface area contributed by atoms with Crippen molar-refractivity contribution in [2.24, 2.45) is 17.6 Å². The third-order valence-electron chi connectivity index (χ3n) is 2.94. The van der Waals surface area contributed by atoms with E-state index in [1.165, 1.54) is 12.8 Å². The van der Waals surface area contributed by atoms with E-state index in [0.29, 0.717) is 11.6 Å². The highest BCUT2D eigenvalue weighted by molar-refractivity contribution is 5.95. The fraction of sp³-hybridized carbons (Fsp3) is 0.600. The summed E-state index contributed by atoms with van der Waals surface area (Å²) in [6.07, 6.45) is 4.14. The molecule has 0 atom stereocenters. The number of carbonyl (C=O) groups excluding carboxylic acids is 1. The van der Waals surface area contributed by atoms with Crippen LogP contribution in [0, 0.1) is 11.8 Å². The second-order valence-corrected chi connectivity index (χ2v) is 4.46. The molecular formula is C10H16N4O. The summed E-state index contributed by atoms with van der Waals surface area (Å²) in [6.45, 7) is 3.07. The molecule has 1 aliphatic rings. The van der Waals surface area contributed by atoms with Crippen molar-refractivity contribution >= 4 is 11.6 Å². The molecule has 0 aliphatic heterocycles. The predicted octanol–water partition coefficient (Wildman–Crippen LogP) is 0.610. The Kier molecular flexibility index (Phi) is 2.38. The van der Waals surface area contributed by atoms with Crippen LogP contribution in [0.1, 0.15) is 30.3 Å². The van der Waals surface area contributed by atoms with Crippen molar-refractivity contribution in [1.29, 1.82) is 0 Å². The van der Waals surface area contributed by atoms with Gasteiger partial charge in [-0.25, -0.2) is 0 Å². The van der Waals surface area contributed by atoms with Gasteiger partial charge in [-0.3, -0.25) is 9.48 Å². The lowest BCUT2D eigenvalue weighted by Crippen LogP contribution is -2.25. The zero-order valence-electron chi connectivity index (χ0n) is 8.81. The minimum absolute atomic E-state index is 0.183. The second kappa shape index (κ2) is 3.56. The number of hydrogen-bond donors (Lipinski definition) is 2. The van der Waals surface area contributed by atoms with Gasteiger partial charge in [0.15, 0.2) is 5.69 Å². The molecule has 1 fully saturated rings. The van der Waals surface area contributed by atoms with Gasteiger partial charge in [0.05, 0.1) is 5.69 Å². The molecule has 1 aromatic rings. The minimum Gasteiger partial charge on any atom is -0.396 e. The van der Waals surface area contributed by atoms with Crippen molar-refractivity contribution in [1.82, 2.24) is 9.78 Å². The Morgan fingerprint density at radius 3 is 2.80 bits per heavy atom. The summed E-state index contributed by atoms with van der Waals surface area (Å²) in [5.74, 6) is 0.923. The Labute approximate surface area is 88.4 Å². The Morgan fingerprint density at radius 2 is 2.33 bits per heavy atom. The van der Waals surface area contributed by atoms with Crippen molar-refractivity contribution in [3.8, 4) is 0 Å². The van der Waals surface area contributed by atoms with Gasteiger partial charge in [-0.1, -0.05) is 6.92 Å². The van der Waals surface area contributed by atoms with Gasteiger partial charge >= 0.3 is 0 Å². The monoisotopic (exact) mass is 208 g/mol. The number of primary amides is 1. The standard InChI is InChI=1S/C10H16N4O/c1-6-2-7(3-6)4-14-5-8(11)9(13-14)10(12)15/h5-7H,2-4,11H2,1H3,(H2,12,15). The summed E-state index contributed by atoms with van der Waals surface area (Å²) in [4.78, 5) is 10.9. The summed E-state index contributed by atoms with van der Waals surface area (Å²) in [7, 11) is 0. The molecule has 4 N–H and O–H groups in total. The molecule has 5 heteroatoms. The Morgan fingerprint density at radius 1 is 1.67 bits per heavy atom. The van der Waals surface area contributed by atoms with Crippen molar-refractivity contribution in [3.05, 3.63) is 11.9 Å². The predicted molar refractivity (Wildman–Crippen MR) is 57.0 cm³/mol. The largest absolute Gasteiger partial charge is 0.396 e. The summed E-state index contributed by atoms with van der Waals surface area (Å²) in [5.41, 5.74) is 11.3. The Hall–Kier alpha value is -1.52. The van der Waals surface area contributed by atoms with E-state index in [1.54, 1.807) is 10.9 Å². The van der Waals surface area contributed by atoms with E-state index < -0.39 is 5.91 Å². The summed E-state index contributed by atoms with van der Waals surface area (Å²) in [6, 6.07) is 0. The molecule has 1 aromatic heterocycles. The first kappa shape index (κ1) is 10.0. The highest BCUT2D eigenvalue weighted by atomic mass is 16.1. The van der Waals surface area contributed by atoms with Crippen LogP contribution in [-0.4, -0.2) is 15.7 Å². The average molecular weight is 208 g/mol. The van der Waals surface area contributed by atoms with Crippen LogP contribution in [0.2, 0.25) is 0 Å². The van der Waals surface area contributed by atoms with Crippen LogP contribution in [0.4, 0.5) is 5.69 Å². The number of nitrogens with two attached hydrogens (primary N) is 2. The van der Waals surface area contributed by atoms with Crippen LogP contribution in [0.15, 0.2) is 6.20 Å². The lowest BCUT2D eigenvalue weighted by molar-refractivity contribution is 0.0994. The molecule has 1 aliphatic carbocycles. The van der Waals surface area contributed by atoms with E-state index >= 15 is 0 Å². The molecule has 82 valence electrons. The summed E-state index contributed by atoms with van der Waals surface area (Å²) in [5, 5.41) is 4.07. The molecule has 1 amide bonds. The van der Waals surface area contributed by atoms with Gasteiger partial charge in [0.1, 0.15) is 0 Å². The maximum absolute atomic E-state index is 10.9. The zero-order chi connectivity index (χ0) is 11.0. The SMILES string of the molecule is CC1CC(Cn2cc(N)c(C(N)=O)n2)C1. The van der Waals surface area contributed by atoms with E-state index in [4.69, 9.17) is 11.5 Å². The first-order valence-electron chi connectivity index (χ1n) is 5.19. The van der Waals surface area contributed by atoms with E-state index in [1.807, 2.05) is 0 Å². The molecule has 1 saturated carbocycles. The highest BCUT2D eigenvalue weighted by Crippen LogP contribution is 2.34. The number of anilines is 1. The van der Waals surface area contributed by atoms with E-state index in [-0.39, 0.29) is 5.69 Å². The van der Waals surface area contributed by atoms with Crippen molar-refractivity contribution < 1.29 is 4.79 Å². The highest BCUT2D eigenvalue weighted by Gasteiger charge is 2.26. The maximum atomic E-state index is 10.9. The lowest BCUT2D eigenvalue weighted by Gasteiger charge is -2.32. The zero-order valence-corrected chi connectivity index (χ0v) is 8.81. The number of nitrogen functional groups attached to an aromatic ring is 1. The third-order valence-corrected chi connectivity index (χ3v) is 2.94. The van der Waals surface area contributed by atoms with Crippen LogP contribution in [0.3, 0.4) is 0 Å². The molecule has 0 radical (unpaired) electrons. The molecule has 1 heterocycles. The molecule has 0 aromatic carbocycles. The molecule has 0 bridgehead atoms. The van der Waals surface area contributed by atoms with Crippen molar-refractivity contribution in [2.45, 2.75) is 26.3 Å². The average Bonchev–Trinajstić information content (AvgIpc) is 2.44. The summed E-state index contributed by atoms with van der Waals surface area (Å²) >= 11 is 0. The molecule has 0 spiro atoms. The van der Waals surface area contributed by atoms with Gasteiger partial charge in [0, 0.05) is 12.7 Å².